The number of nitrogens with one attached hydrogen (secondary N) is 1. The lowest BCUT2D eigenvalue weighted by Gasteiger charge is -2.28. The van der Waals surface area contributed by atoms with Crippen molar-refractivity contribution in [3.05, 3.63) is 66.0 Å². The molecular weight excluding hydrogens is 410 g/mol. The average molecular weight is 435 g/mol. The zero-order chi connectivity index (χ0) is 22.3. The van der Waals surface area contributed by atoms with Gasteiger partial charge in [-0.25, -0.2) is 9.97 Å². The molecule has 0 saturated heterocycles. The number of ether oxygens (including phenoxy) is 4. The highest BCUT2D eigenvalue weighted by Crippen LogP contribution is 2.35. The SMILES string of the molecule is COCCOc1ccc(C(=O)N[C@@H]2COc3cccc(-c4ccnc(OC)c4)c3C2)cn1. The molecule has 0 bridgehead atoms. The first-order valence-corrected chi connectivity index (χ1v) is 10.3. The maximum absolute atomic E-state index is 12.7. The Kier molecular flexibility index (Phi) is 6.81. The summed E-state index contributed by atoms with van der Waals surface area (Å²) in [4.78, 5) is 21.1. The van der Waals surface area contributed by atoms with Gasteiger partial charge in [-0.15, -0.1) is 0 Å². The van der Waals surface area contributed by atoms with E-state index in [0.717, 1.165) is 22.4 Å². The summed E-state index contributed by atoms with van der Waals surface area (Å²) in [5.74, 6) is 1.61. The molecule has 32 heavy (non-hydrogen) atoms. The number of rotatable bonds is 8. The highest BCUT2D eigenvalue weighted by molar-refractivity contribution is 5.94. The summed E-state index contributed by atoms with van der Waals surface area (Å²) in [6.45, 7) is 1.27. The fraction of sp³-hybridized carbons (Fsp3) is 0.292. The Labute approximate surface area is 186 Å². The molecule has 8 nitrogen and oxygen atoms in total. The molecule has 0 saturated carbocycles. The number of amides is 1. The van der Waals surface area contributed by atoms with Gasteiger partial charge in [0.15, 0.2) is 0 Å². The Balaban J connectivity index is 1.45. The van der Waals surface area contributed by atoms with E-state index in [1.807, 2.05) is 30.3 Å². The van der Waals surface area contributed by atoms with Crippen LogP contribution < -0.4 is 19.5 Å². The van der Waals surface area contributed by atoms with Crippen molar-refractivity contribution in [2.45, 2.75) is 12.5 Å². The smallest absolute Gasteiger partial charge is 0.253 e. The summed E-state index contributed by atoms with van der Waals surface area (Å²) in [5, 5.41) is 3.05. The molecule has 166 valence electrons. The minimum absolute atomic E-state index is 0.169. The average Bonchev–Trinajstić information content (AvgIpc) is 2.84. The number of pyridine rings is 2. The number of carbonyl (C=O) groups excluding carboxylic acids is 1. The van der Waals surface area contributed by atoms with Gasteiger partial charge in [0, 0.05) is 43.6 Å². The Morgan fingerprint density at radius 3 is 2.81 bits per heavy atom. The van der Waals surface area contributed by atoms with E-state index in [1.54, 1.807) is 32.5 Å². The van der Waals surface area contributed by atoms with Gasteiger partial charge in [-0.05, 0) is 29.3 Å². The molecule has 1 aliphatic heterocycles. The van der Waals surface area contributed by atoms with Crippen LogP contribution in [0.5, 0.6) is 17.5 Å². The third-order valence-corrected chi connectivity index (χ3v) is 5.15. The molecule has 0 spiro atoms. The van der Waals surface area contributed by atoms with Crippen LogP contribution in [0.3, 0.4) is 0 Å². The molecule has 0 aliphatic carbocycles. The standard InChI is InChI=1S/C24H25N3O5/c1-29-10-11-31-22-7-6-17(14-26-22)24(28)27-18-13-20-19(4-3-5-21(20)32-15-18)16-8-9-25-23(12-16)30-2/h3-9,12,14,18H,10-11,13,15H2,1-2H3,(H,27,28)/t18-/m0/s1. The van der Waals surface area contributed by atoms with Crippen molar-refractivity contribution < 1.29 is 23.7 Å². The minimum Gasteiger partial charge on any atom is -0.491 e. The molecule has 3 heterocycles. The zero-order valence-electron chi connectivity index (χ0n) is 18.0. The first-order chi connectivity index (χ1) is 15.7. The maximum atomic E-state index is 12.7. The number of methoxy groups -OCH3 is 2. The largest absolute Gasteiger partial charge is 0.491 e. The first-order valence-electron chi connectivity index (χ1n) is 10.3. The molecule has 1 N–H and O–H groups in total. The summed E-state index contributed by atoms with van der Waals surface area (Å²) >= 11 is 0. The van der Waals surface area contributed by atoms with E-state index in [1.165, 1.54) is 6.20 Å². The Bertz CT molecular complexity index is 1070. The highest BCUT2D eigenvalue weighted by Gasteiger charge is 2.24. The molecule has 0 radical (unpaired) electrons. The lowest BCUT2D eigenvalue weighted by Crippen LogP contribution is -2.42. The summed E-state index contributed by atoms with van der Waals surface area (Å²) in [6.07, 6.45) is 3.86. The monoisotopic (exact) mass is 435 g/mol. The van der Waals surface area contributed by atoms with Crippen molar-refractivity contribution in [1.82, 2.24) is 15.3 Å². The van der Waals surface area contributed by atoms with Crippen LogP contribution in [0.4, 0.5) is 0 Å². The van der Waals surface area contributed by atoms with Crippen LogP contribution in [0, 0.1) is 0 Å². The van der Waals surface area contributed by atoms with E-state index in [-0.39, 0.29) is 11.9 Å². The van der Waals surface area contributed by atoms with Crippen LogP contribution in [-0.4, -0.2) is 56.0 Å². The topological polar surface area (TPSA) is 91.8 Å². The number of fused-ring (bicyclic) bond motifs is 1. The summed E-state index contributed by atoms with van der Waals surface area (Å²) in [5.41, 5.74) is 3.51. The van der Waals surface area contributed by atoms with Crippen LogP contribution in [0.15, 0.2) is 54.9 Å². The molecule has 1 aliphatic rings. The van der Waals surface area contributed by atoms with Gasteiger partial charge in [0.1, 0.15) is 19.0 Å². The lowest BCUT2D eigenvalue weighted by molar-refractivity contribution is 0.0915. The lowest BCUT2D eigenvalue weighted by atomic mass is 9.93. The molecule has 8 heteroatoms. The van der Waals surface area contributed by atoms with Crippen molar-refractivity contribution in [3.8, 4) is 28.6 Å². The Morgan fingerprint density at radius 1 is 1.12 bits per heavy atom. The van der Waals surface area contributed by atoms with Crippen LogP contribution in [0.2, 0.25) is 0 Å². The van der Waals surface area contributed by atoms with Gasteiger partial charge in [-0.3, -0.25) is 4.79 Å². The van der Waals surface area contributed by atoms with E-state index in [0.29, 0.717) is 43.6 Å². The number of hydrogen-bond acceptors (Lipinski definition) is 7. The van der Waals surface area contributed by atoms with Crippen molar-refractivity contribution >= 4 is 5.91 Å². The number of nitrogens with zero attached hydrogens (tertiary/aromatic N) is 2. The van der Waals surface area contributed by atoms with Crippen molar-refractivity contribution in [3.63, 3.8) is 0 Å². The molecule has 3 aromatic rings. The Morgan fingerprint density at radius 2 is 2.03 bits per heavy atom. The number of hydrogen-bond donors (Lipinski definition) is 1. The maximum Gasteiger partial charge on any atom is 0.253 e. The van der Waals surface area contributed by atoms with Crippen molar-refractivity contribution in [1.29, 1.82) is 0 Å². The van der Waals surface area contributed by atoms with Crippen LogP contribution in [0.25, 0.3) is 11.1 Å². The molecule has 0 unspecified atom stereocenters. The van der Waals surface area contributed by atoms with Gasteiger partial charge in [0.05, 0.1) is 25.3 Å². The number of aromatic nitrogens is 2. The highest BCUT2D eigenvalue weighted by atomic mass is 16.5. The van der Waals surface area contributed by atoms with E-state index < -0.39 is 0 Å². The zero-order valence-corrected chi connectivity index (χ0v) is 18.0. The quantitative estimate of drug-likeness (QED) is 0.544. The first kappa shape index (κ1) is 21.6. The normalized spacial score (nSPS) is 14.8. The van der Waals surface area contributed by atoms with Crippen LogP contribution in [-0.2, 0) is 11.2 Å². The Hall–Kier alpha value is -3.65. The number of carbonyl (C=O) groups is 1. The van der Waals surface area contributed by atoms with E-state index in [2.05, 4.69) is 15.3 Å². The third kappa shape index (κ3) is 4.97. The summed E-state index contributed by atoms with van der Waals surface area (Å²) in [6, 6.07) is 13.0. The van der Waals surface area contributed by atoms with Gasteiger partial charge in [-0.2, -0.15) is 0 Å². The van der Waals surface area contributed by atoms with Gasteiger partial charge in [-0.1, -0.05) is 12.1 Å². The second kappa shape index (κ2) is 10.1. The van der Waals surface area contributed by atoms with Crippen molar-refractivity contribution in [2.24, 2.45) is 0 Å². The van der Waals surface area contributed by atoms with Gasteiger partial charge < -0.3 is 24.3 Å². The molecule has 0 fully saturated rings. The molecule has 2 aromatic heterocycles. The van der Waals surface area contributed by atoms with Crippen molar-refractivity contribution in [2.75, 3.05) is 34.0 Å². The predicted molar refractivity (Wildman–Crippen MR) is 118 cm³/mol. The second-order valence-electron chi connectivity index (χ2n) is 7.28. The molecule has 4 rings (SSSR count). The van der Waals surface area contributed by atoms with E-state index in [9.17, 15) is 4.79 Å². The van der Waals surface area contributed by atoms with Gasteiger partial charge >= 0.3 is 0 Å². The van der Waals surface area contributed by atoms with E-state index >= 15 is 0 Å². The van der Waals surface area contributed by atoms with Gasteiger partial charge in [0.25, 0.3) is 5.91 Å². The van der Waals surface area contributed by atoms with E-state index in [4.69, 9.17) is 18.9 Å². The fourth-order valence-electron chi connectivity index (χ4n) is 3.56. The molecular formula is C24H25N3O5. The molecule has 1 aromatic carbocycles. The fourth-order valence-corrected chi connectivity index (χ4v) is 3.56. The van der Waals surface area contributed by atoms with Crippen LogP contribution in [0.1, 0.15) is 15.9 Å². The molecule has 1 atom stereocenters. The number of benzene rings is 1. The van der Waals surface area contributed by atoms with Gasteiger partial charge in [0.2, 0.25) is 11.8 Å². The minimum atomic E-state index is -0.207. The second-order valence-corrected chi connectivity index (χ2v) is 7.28. The summed E-state index contributed by atoms with van der Waals surface area (Å²) < 4.78 is 21.6. The molecule has 1 amide bonds. The van der Waals surface area contributed by atoms with Crippen LogP contribution >= 0.6 is 0 Å². The predicted octanol–water partition coefficient (Wildman–Crippen LogP) is 2.91. The summed E-state index contributed by atoms with van der Waals surface area (Å²) in [7, 11) is 3.20. The third-order valence-electron chi connectivity index (χ3n) is 5.15.